The number of carbonyl (C=O) groups is 3. The van der Waals surface area contributed by atoms with Crippen LogP contribution in [0.25, 0.3) is 10.9 Å². The van der Waals surface area contributed by atoms with Crippen molar-refractivity contribution in [3.63, 3.8) is 0 Å². The van der Waals surface area contributed by atoms with Gasteiger partial charge in [0.05, 0.1) is 5.52 Å². The smallest absolute Gasteiger partial charge is 0.245 e. The van der Waals surface area contributed by atoms with Crippen molar-refractivity contribution < 1.29 is 14.4 Å². The number of fused-ring (bicyclic) bond motifs is 2. The first-order chi connectivity index (χ1) is 15.5. The van der Waals surface area contributed by atoms with Gasteiger partial charge < -0.3 is 15.5 Å². The Kier molecular flexibility index (Phi) is 4.84. The van der Waals surface area contributed by atoms with E-state index in [0.29, 0.717) is 34.8 Å². The third kappa shape index (κ3) is 3.47. The minimum absolute atomic E-state index is 0.0303. The van der Waals surface area contributed by atoms with Crippen LogP contribution in [0.4, 0.5) is 11.5 Å². The zero-order chi connectivity index (χ0) is 22.4. The molecule has 0 spiro atoms. The number of amides is 2. The van der Waals surface area contributed by atoms with Crippen LogP contribution in [0, 0.1) is 5.92 Å². The summed E-state index contributed by atoms with van der Waals surface area (Å²) < 4.78 is 1.55. The lowest BCUT2D eigenvalue weighted by Gasteiger charge is -2.26. The number of aromatic nitrogens is 4. The lowest BCUT2D eigenvalue weighted by Crippen LogP contribution is -2.48. The molecule has 10 nitrogen and oxygen atoms in total. The van der Waals surface area contributed by atoms with Crippen molar-refractivity contribution in [3.05, 3.63) is 42.2 Å². The molecular formula is C22H23N7O3. The molecule has 2 aromatic heterocycles. The van der Waals surface area contributed by atoms with Gasteiger partial charge in [0.1, 0.15) is 18.3 Å². The van der Waals surface area contributed by atoms with Crippen molar-refractivity contribution in [1.82, 2.24) is 30.2 Å². The standard InChI is InChI=1S/C22H23N7O3/c1-12(30)21-15-10-14(25-19-4-3-7-24-26-19)5-6-16(15)28(27-21)11-20(31)29-17-8-13(17)9-18(29)22(32)23-2/h3-7,10,13,17-18H,8-9,11H2,1-2H3,(H,23,32)(H,25,26). The molecule has 1 aliphatic carbocycles. The largest absolute Gasteiger partial charge is 0.357 e. The molecule has 1 aliphatic heterocycles. The van der Waals surface area contributed by atoms with E-state index in [4.69, 9.17) is 0 Å². The van der Waals surface area contributed by atoms with E-state index in [2.05, 4.69) is 25.9 Å². The van der Waals surface area contributed by atoms with Crippen molar-refractivity contribution in [2.24, 2.45) is 5.92 Å². The molecule has 2 aliphatic rings. The fourth-order valence-electron chi connectivity index (χ4n) is 4.58. The second-order valence-electron chi connectivity index (χ2n) is 8.26. The van der Waals surface area contributed by atoms with Crippen LogP contribution in [0.3, 0.4) is 0 Å². The van der Waals surface area contributed by atoms with Crippen LogP contribution in [0.5, 0.6) is 0 Å². The molecule has 2 fully saturated rings. The normalized spacial score (nSPS) is 21.3. The summed E-state index contributed by atoms with van der Waals surface area (Å²) in [5.74, 6) is 0.486. The molecule has 32 heavy (non-hydrogen) atoms. The number of rotatable bonds is 6. The predicted molar refractivity (Wildman–Crippen MR) is 116 cm³/mol. The Hall–Kier alpha value is -3.82. The number of likely N-dealkylation sites (tertiary alicyclic amines) is 1. The Morgan fingerprint density at radius 1 is 1.19 bits per heavy atom. The molecule has 1 aromatic carbocycles. The first-order valence-corrected chi connectivity index (χ1v) is 10.5. The fourth-order valence-corrected chi connectivity index (χ4v) is 4.58. The number of hydrogen-bond donors (Lipinski definition) is 2. The van der Waals surface area contributed by atoms with E-state index in [9.17, 15) is 14.4 Å². The van der Waals surface area contributed by atoms with Crippen LogP contribution in [0.15, 0.2) is 36.5 Å². The van der Waals surface area contributed by atoms with E-state index >= 15 is 0 Å². The summed E-state index contributed by atoms with van der Waals surface area (Å²) in [5.41, 5.74) is 1.70. The number of nitrogens with one attached hydrogen (secondary N) is 2. The van der Waals surface area contributed by atoms with Crippen molar-refractivity contribution in [1.29, 1.82) is 0 Å². The molecule has 3 unspecified atom stereocenters. The summed E-state index contributed by atoms with van der Waals surface area (Å²) in [6.07, 6.45) is 3.23. The number of ketones is 1. The summed E-state index contributed by atoms with van der Waals surface area (Å²) in [4.78, 5) is 39.4. The maximum absolute atomic E-state index is 13.2. The minimum atomic E-state index is -0.437. The maximum Gasteiger partial charge on any atom is 0.245 e. The first kappa shape index (κ1) is 20.1. The van der Waals surface area contributed by atoms with E-state index in [1.54, 1.807) is 35.0 Å². The number of anilines is 2. The van der Waals surface area contributed by atoms with Gasteiger partial charge in [-0.2, -0.15) is 10.2 Å². The number of hydrogen-bond acceptors (Lipinski definition) is 7. The molecule has 3 heterocycles. The average Bonchev–Trinajstić information content (AvgIpc) is 3.30. The van der Waals surface area contributed by atoms with E-state index in [1.807, 2.05) is 18.2 Å². The Bertz CT molecular complexity index is 1220. The van der Waals surface area contributed by atoms with Crippen LogP contribution < -0.4 is 10.6 Å². The molecule has 0 bridgehead atoms. The third-order valence-electron chi connectivity index (χ3n) is 6.16. The summed E-state index contributed by atoms with van der Waals surface area (Å²) >= 11 is 0. The molecule has 5 rings (SSSR count). The number of carbonyl (C=O) groups excluding carboxylic acids is 3. The number of nitrogens with zero attached hydrogens (tertiary/aromatic N) is 5. The topological polar surface area (TPSA) is 122 Å². The van der Waals surface area contributed by atoms with Gasteiger partial charge in [0, 0.05) is 37.3 Å². The van der Waals surface area contributed by atoms with E-state index in [-0.39, 0.29) is 30.2 Å². The molecule has 2 amide bonds. The van der Waals surface area contributed by atoms with Gasteiger partial charge in [-0.05, 0) is 49.1 Å². The van der Waals surface area contributed by atoms with Crippen molar-refractivity contribution in [3.8, 4) is 0 Å². The first-order valence-electron chi connectivity index (χ1n) is 10.5. The van der Waals surface area contributed by atoms with Crippen molar-refractivity contribution in [2.75, 3.05) is 12.4 Å². The Labute approximate surface area is 184 Å². The second-order valence-corrected chi connectivity index (χ2v) is 8.26. The SMILES string of the molecule is CNC(=O)C1CC2CC2N1C(=O)Cn1nc(C(C)=O)c2cc(Nc3cccnn3)ccc21. The van der Waals surface area contributed by atoms with Gasteiger partial charge in [-0.15, -0.1) is 5.10 Å². The maximum atomic E-state index is 13.2. The van der Waals surface area contributed by atoms with Gasteiger partial charge in [0.15, 0.2) is 11.6 Å². The highest BCUT2D eigenvalue weighted by atomic mass is 16.2. The van der Waals surface area contributed by atoms with Gasteiger partial charge >= 0.3 is 0 Å². The van der Waals surface area contributed by atoms with Gasteiger partial charge in [0.2, 0.25) is 11.8 Å². The minimum Gasteiger partial charge on any atom is -0.357 e. The highest BCUT2D eigenvalue weighted by Crippen LogP contribution is 2.48. The molecule has 164 valence electrons. The highest BCUT2D eigenvalue weighted by Gasteiger charge is 2.55. The Balaban J connectivity index is 1.44. The van der Waals surface area contributed by atoms with Crippen LogP contribution in [-0.2, 0) is 16.1 Å². The van der Waals surface area contributed by atoms with E-state index < -0.39 is 6.04 Å². The Morgan fingerprint density at radius 3 is 2.75 bits per heavy atom. The number of piperidine rings is 1. The fraction of sp³-hybridized carbons (Fsp3) is 0.364. The van der Waals surface area contributed by atoms with Gasteiger partial charge in [-0.25, -0.2) is 0 Å². The van der Waals surface area contributed by atoms with Gasteiger partial charge in [-0.1, -0.05) is 0 Å². The molecule has 3 aromatic rings. The van der Waals surface area contributed by atoms with Crippen LogP contribution in [0.1, 0.15) is 30.3 Å². The number of likely N-dealkylation sites (N-methyl/N-ethyl adjacent to an activating group) is 1. The van der Waals surface area contributed by atoms with Crippen LogP contribution in [-0.4, -0.2) is 61.6 Å². The van der Waals surface area contributed by atoms with Crippen LogP contribution in [0.2, 0.25) is 0 Å². The lowest BCUT2D eigenvalue weighted by molar-refractivity contribution is -0.140. The lowest BCUT2D eigenvalue weighted by atomic mass is 10.1. The molecule has 2 N–H and O–H groups in total. The van der Waals surface area contributed by atoms with E-state index in [1.165, 1.54) is 6.92 Å². The summed E-state index contributed by atoms with van der Waals surface area (Å²) in [7, 11) is 1.59. The number of benzene rings is 1. The summed E-state index contributed by atoms with van der Waals surface area (Å²) in [5, 5.41) is 18.7. The monoisotopic (exact) mass is 433 g/mol. The highest BCUT2D eigenvalue weighted by molar-refractivity contribution is 6.06. The zero-order valence-corrected chi connectivity index (χ0v) is 17.8. The molecule has 10 heteroatoms. The Morgan fingerprint density at radius 2 is 2.03 bits per heavy atom. The van der Waals surface area contributed by atoms with Crippen LogP contribution >= 0.6 is 0 Å². The van der Waals surface area contributed by atoms with Crippen molar-refractivity contribution in [2.45, 2.75) is 38.4 Å². The molecular weight excluding hydrogens is 410 g/mol. The van der Waals surface area contributed by atoms with Gasteiger partial charge in [-0.3, -0.25) is 19.1 Å². The van der Waals surface area contributed by atoms with E-state index in [0.717, 1.165) is 12.1 Å². The molecule has 3 atom stereocenters. The summed E-state index contributed by atoms with van der Waals surface area (Å²) in [6.45, 7) is 1.42. The van der Waals surface area contributed by atoms with Crippen molar-refractivity contribution >= 4 is 40.0 Å². The average molecular weight is 433 g/mol. The van der Waals surface area contributed by atoms with Gasteiger partial charge in [0.25, 0.3) is 0 Å². The quantitative estimate of drug-likeness (QED) is 0.565. The molecule has 1 saturated heterocycles. The molecule has 1 saturated carbocycles. The predicted octanol–water partition coefficient (Wildman–Crippen LogP) is 1.51. The third-order valence-corrected chi connectivity index (χ3v) is 6.16. The zero-order valence-electron chi connectivity index (χ0n) is 17.8. The molecule has 0 radical (unpaired) electrons. The summed E-state index contributed by atoms with van der Waals surface area (Å²) in [6, 6.07) is 8.72. The number of Topliss-reactive ketones (excluding diaryl/α,β-unsaturated/α-hetero) is 1. The second kappa shape index (κ2) is 7.70.